The van der Waals surface area contributed by atoms with Gasteiger partial charge in [-0.3, -0.25) is 9.36 Å². The van der Waals surface area contributed by atoms with E-state index in [9.17, 15) is 15.0 Å². The van der Waals surface area contributed by atoms with Crippen LogP contribution in [0.1, 0.15) is 11.8 Å². The average Bonchev–Trinajstić information content (AvgIpc) is 3.29. The van der Waals surface area contributed by atoms with Crippen LogP contribution < -0.4 is 10.6 Å². The lowest BCUT2D eigenvalue weighted by Gasteiger charge is -2.16. The standard InChI is InChI=1S/C18H19ClN6O4/c1-20-17(28)14-12(26)13(27)18(29-14)25-8-24-11-15(22-7-23-16(11)25)21-6-9-2-4-10(19)5-3-9/h2-5,7-8,12-14,18,26-27H,6H2,1H3,(H,20,28)(H,21,22,23)/t12-,13+,14-,18?/m0/s1. The van der Waals surface area contributed by atoms with Gasteiger partial charge in [0, 0.05) is 18.6 Å². The molecule has 1 aromatic carbocycles. The first-order valence-electron chi connectivity index (χ1n) is 8.88. The van der Waals surface area contributed by atoms with Gasteiger partial charge in [-0.25, -0.2) is 15.0 Å². The van der Waals surface area contributed by atoms with Crippen LogP contribution in [0.3, 0.4) is 0 Å². The molecule has 11 heteroatoms. The van der Waals surface area contributed by atoms with Crippen molar-refractivity contribution in [2.75, 3.05) is 12.4 Å². The second-order valence-electron chi connectivity index (χ2n) is 6.57. The van der Waals surface area contributed by atoms with Crippen molar-refractivity contribution in [2.24, 2.45) is 0 Å². The normalized spacial score (nSPS) is 24.0. The first-order valence-corrected chi connectivity index (χ1v) is 9.26. The number of halogens is 1. The molecule has 1 amide bonds. The van der Waals surface area contributed by atoms with E-state index >= 15 is 0 Å². The monoisotopic (exact) mass is 418 g/mol. The van der Waals surface area contributed by atoms with Crippen molar-refractivity contribution in [3.8, 4) is 0 Å². The first kappa shape index (κ1) is 19.5. The molecule has 1 unspecified atom stereocenters. The highest BCUT2D eigenvalue weighted by Gasteiger charge is 2.47. The molecule has 1 aliphatic rings. The van der Waals surface area contributed by atoms with Crippen molar-refractivity contribution in [1.29, 1.82) is 0 Å². The molecule has 0 saturated carbocycles. The Labute approximate surface area is 170 Å². The Morgan fingerprint density at radius 3 is 2.69 bits per heavy atom. The number of anilines is 1. The van der Waals surface area contributed by atoms with E-state index in [0.29, 0.717) is 28.5 Å². The predicted octanol–water partition coefficient (Wildman–Crippen LogP) is 0.457. The molecular formula is C18H19ClN6O4. The van der Waals surface area contributed by atoms with Crippen molar-refractivity contribution in [3.05, 3.63) is 47.5 Å². The Kier molecular flexibility index (Phi) is 5.33. The summed E-state index contributed by atoms with van der Waals surface area (Å²) in [6.07, 6.45) is -2.12. The number of benzene rings is 1. The molecule has 152 valence electrons. The van der Waals surface area contributed by atoms with Crippen molar-refractivity contribution in [3.63, 3.8) is 0 Å². The minimum atomic E-state index is -1.37. The third-order valence-electron chi connectivity index (χ3n) is 4.75. The quantitative estimate of drug-likeness (QED) is 0.469. The maximum atomic E-state index is 11.9. The average molecular weight is 419 g/mol. The summed E-state index contributed by atoms with van der Waals surface area (Å²) in [6, 6.07) is 7.40. The molecule has 3 heterocycles. The fourth-order valence-corrected chi connectivity index (χ4v) is 3.33. The molecule has 1 fully saturated rings. The van der Waals surface area contributed by atoms with Crippen LogP contribution in [0, 0.1) is 0 Å². The van der Waals surface area contributed by atoms with Crippen LogP contribution in [0.2, 0.25) is 5.02 Å². The van der Waals surface area contributed by atoms with E-state index < -0.39 is 30.4 Å². The van der Waals surface area contributed by atoms with Gasteiger partial charge >= 0.3 is 0 Å². The van der Waals surface area contributed by atoms with Gasteiger partial charge in [0.25, 0.3) is 5.91 Å². The summed E-state index contributed by atoms with van der Waals surface area (Å²) in [5.74, 6) is -0.0250. The van der Waals surface area contributed by atoms with Crippen LogP contribution in [-0.2, 0) is 16.1 Å². The summed E-state index contributed by atoms with van der Waals surface area (Å²) in [5, 5.41) is 26.8. The summed E-state index contributed by atoms with van der Waals surface area (Å²) >= 11 is 5.90. The maximum absolute atomic E-state index is 11.9. The molecule has 1 aliphatic heterocycles. The lowest BCUT2D eigenvalue weighted by molar-refractivity contribution is -0.137. The Hall–Kier alpha value is -2.79. The smallest absolute Gasteiger partial charge is 0.251 e. The SMILES string of the molecule is CNC(=O)[C@H]1OC(n2cnc3c(NCc4ccc(Cl)cc4)ncnc32)[C@H](O)[C@@H]1O. The van der Waals surface area contributed by atoms with Crippen LogP contribution in [-0.4, -0.2) is 61.0 Å². The number of aliphatic hydroxyl groups is 2. The molecule has 1 saturated heterocycles. The molecule has 29 heavy (non-hydrogen) atoms. The van der Waals surface area contributed by atoms with Crippen LogP contribution >= 0.6 is 11.6 Å². The number of rotatable bonds is 5. The van der Waals surface area contributed by atoms with Crippen LogP contribution in [0.25, 0.3) is 11.2 Å². The highest BCUT2D eigenvalue weighted by atomic mass is 35.5. The molecular weight excluding hydrogens is 400 g/mol. The van der Waals surface area contributed by atoms with Crippen molar-refractivity contribution < 1.29 is 19.7 Å². The number of carbonyl (C=O) groups is 1. The molecule has 2 aromatic heterocycles. The van der Waals surface area contributed by atoms with Crippen molar-refractivity contribution in [1.82, 2.24) is 24.8 Å². The minimum absolute atomic E-state index is 0.396. The van der Waals surface area contributed by atoms with Crippen molar-refractivity contribution >= 4 is 34.5 Å². The fraction of sp³-hybridized carbons (Fsp3) is 0.333. The zero-order valence-electron chi connectivity index (χ0n) is 15.4. The van der Waals surface area contributed by atoms with Gasteiger partial charge in [-0.15, -0.1) is 0 Å². The van der Waals surface area contributed by atoms with E-state index in [2.05, 4.69) is 25.6 Å². The number of hydrogen-bond acceptors (Lipinski definition) is 8. The molecule has 4 rings (SSSR count). The van der Waals surface area contributed by atoms with Crippen LogP contribution in [0.5, 0.6) is 0 Å². The Morgan fingerprint density at radius 2 is 1.97 bits per heavy atom. The molecule has 0 spiro atoms. The van der Waals surface area contributed by atoms with Gasteiger partial charge in [-0.2, -0.15) is 0 Å². The summed E-state index contributed by atoms with van der Waals surface area (Å²) in [5.41, 5.74) is 1.87. The van der Waals surface area contributed by atoms with Gasteiger partial charge in [0.05, 0.1) is 6.33 Å². The van der Waals surface area contributed by atoms with Gasteiger partial charge < -0.3 is 25.6 Å². The summed E-state index contributed by atoms with van der Waals surface area (Å²) in [4.78, 5) is 24.6. The Morgan fingerprint density at radius 1 is 1.21 bits per heavy atom. The topological polar surface area (TPSA) is 134 Å². The summed E-state index contributed by atoms with van der Waals surface area (Å²) in [6.45, 7) is 0.496. The van der Waals surface area contributed by atoms with Crippen molar-refractivity contribution in [2.45, 2.75) is 31.1 Å². The zero-order valence-corrected chi connectivity index (χ0v) is 16.1. The van der Waals surface area contributed by atoms with E-state index in [1.54, 1.807) is 12.1 Å². The number of nitrogens with zero attached hydrogens (tertiary/aromatic N) is 4. The number of ether oxygens (including phenoxy) is 1. The van der Waals surface area contributed by atoms with Gasteiger partial charge in [-0.1, -0.05) is 23.7 Å². The number of imidazole rings is 1. The Bertz CT molecular complexity index is 1030. The van der Waals surface area contributed by atoms with Gasteiger partial charge in [0.2, 0.25) is 0 Å². The molecule has 4 atom stereocenters. The maximum Gasteiger partial charge on any atom is 0.251 e. The largest absolute Gasteiger partial charge is 0.387 e. The lowest BCUT2D eigenvalue weighted by atomic mass is 10.1. The molecule has 0 bridgehead atoms. The molecule has 10 nitrogen and oxygen atoms in total. The summed E-state index contributed by atoms with van der Waals surface area (Å²) in [7, 11) is 1.43. The first-order chi connectivity index (χ1) is 14.0. The fourth-order valence-electron chi connectivity index (χ4n) is 3.20. The number of nitrogens with one attached hydrogen (secondary N) is 2. The number of aromatic nitrogens is 4. The Balaban J connectivity index is 1.59. The number of fused-ring (bicyclic) bond motifs is 1. The summed E-state index contributed by atoms with van der Waals surface area (Å²) < 4.78 is 7.06. The molecule has 4 N–H and O–H groups in total. The number of hydrogen-bond donors (Lipinski definition) is 4. The second kappa shape index (κ2) is 7.91. The van der Waals surface area contributed by atoms with Crippen LogP contribution in [0.4, 0.5) is 5.82 Å². The molecule has 0 radical (unpaired) electrons. The van der Waals surface area contributed by atoms with E-state index in [1.807, 2.05) is 12.1 Å². The molecule has 0 aliphatic carbocycles. The number of carbonyl (C=O) groups excluding carboxylic acids is 1. The van der Waals surface area contributed by atoms with E-state index in [0.717, 1.165) is 5.56 Å². The number of aliphatic hydroxyl groups excluding tert-OH is 2. The zero-order chi connectivity index (χ0) is 20.5. The number of likely N-dealkylation sites (N-methyl/N-ethyl adjacent to an activating group) is 1. The highest BCUT2D eigenvalue weighted by Crippen LogP contribution is 2.32. The van der Waals surface area contributed by atoms with E-state index in [4.69, 9.17) is 16.3 Å². The third kappa shape index (κ3) is 3.62. The molecule has 3 aromatic rings. The van der Waals surface area contributed by atoms with Crippen LogP contribution in [0.15, 0.2) is 36.9 Å². The predicted molar refractivity (Wildman–Crippen MR) is 104 cm³/mol. The van der Waals surface area contributed by atoms with E-state index in [-0.39, 0.29) is 0 Å². The number of amides is 1. The highest BCUT2D eigenvalue weighted by molar-refractivity contribution is 6.30. The van der Waals surface area contributed by atoms with E-state index in [1.165, 1.54) is 24.3 Å². The second-order valence-corrected chi connectivity index (χ2v) is 7.01. The van der Waals surface area contributed by atoms with Gasteiger partial charge in [0.15, 0.2) is 29.3 Å². The lowest BCUT2D eigenvalue weighted by Crippen LogP contribution is -2.41. The third-order valence-corrected chi connectivity index (χ3v) is 5.00. The van der Waals surface area contributed by atoms with Gasteiger partial charge in [-0.05, 0) is 17.7 Å². The minimum Gasteiger partial charge on any atom is -0.387 e. The van der Waals surface area contributed by atoms with Gasteiger partial charge in [0.1, 0.15) is 18.5 Å².